The molecule has 0 saturated carbocycles. The Morgan fingerprint density at radius 1 is 0.681 bits per heavy atom. The largest absolute Gasteiger partial charge is 0.370 e. The summed E-state index contributed by atoms with van der Waals surface area (Å²) in [6, 6.07) is 51.3. The fourth-order valence-corrected chi connectivity index (χ4v) is 11.3. The lowest BCUT2D eigenvalue weighted by Crippen LogP contribution is -2.55. The molecule has 1 atom stereocenters. The first-order valence-corrected chi connectivity index (χ1v) is 25.2. The molecule has 1 aliphatic carbocycles. The summed E-state index contributed by atoms with van der Waals surface area (Å²) in [6.45, 7) is 7.51. The third-order valence-corrected chi connectivity index (χ3v) is 14.2. The number of ether oxygens (including phenoxy) is 3. The summed E-state index contributed by atoms with van der Waals surface area (Å²) in [7, 11) is -0.402. The van der Waals surface area contributed by atoms with Crippen LogP contribution >= 0.6 is 7.60 Å². The van der Waals surface area contributed by atoms with E-state index in [0.29, 0.717) is 54.5 Å². The van der Waals surface area contributed by atoms with Gasteiger partial charge in [-0.1, -0.05) is 170 Å². The summed E-state index contributed by atoms with van der Waals surface area (Å²) in [4.78, 5) is 21.7. The minimum atomic E-state index is -3.69. The predicted molar refractivity (Wildman–Crippen MR) is 271 cm³/mol. The summed E-state index contributed by atoms with van der Waals surface area (Å²) in [5, 5.41) is 0. The number of hydrogen-bond donors (Lipinski definition) is 1. The zero-order chi connectivity index (χ0) is 48.3. The lowest BCUT2D eigenvalue weighted by Gasteiger charge is -2.49. The van der Waals surface area contributed by atoms with E-state index in [1.54, 1.807) is 14.2 Å². The Morgan fingerprint density at radius 3 is 1.64 bits per heavy atom. The highest BCUT2D eigenvalue weighted by Gasteiger charge is 2.54. The van der Waals surface area contributed by atoms with Crippen LogP contribution < -0.4 is 5.48 Å². The number of aryl methyl sites for hydroxylation is 1. The Labute approximate surface area is 405 Å². The van der Waals surface area contributed by atoms with Gasteiger partial charge >= 0.3 is 7.60 Å². The molecular weight excluding hydrogens is 886 g/mol. The van der Waals surface area contributed by atoms with Crippen LogP contribution in [0.1, 0.15) is 80.0 Å². The number of allylic oxidation sites excluding steroid dienone is 2. The van der Waals surface area contributed by atoms with Gasteiger partial charge in [-0.2, -0.15) is 0 Å². The number of nitrogens with one attached hydrogen (secondary N) is 1. The van der Waals surface area contributed by atoms with Gasteiger partial charge in [-0.05, 0) is 68.0 Å². The lowest BCUT2D eigenvalue weighted by atomic mass is 9.68. The number of benzene rings is 5. The van der Waals surface area contributed by atoms with Crippen LogP contribution in [0.25, 0.3) is 11.2 Å². The summed E-state index contributed by atoms with van der Waals surface area (Å²) in [5.74, 6) is 1.48. The Kier molecular flexibility index (Phi) is 15.8. The van der Waals surface area contributed by atoms with Gasteiger partial charge < -0.3 is 23.3 Å². The van der Waals surface area contributed by atoms with Crippen molar-refractivity contribution in [1.82, 2.24) is 19.5 Å². The Morgan fingerprint density at radius 2 is 1.19 bits per heavy atom. The van der Waals surface area contributed by atoms with E-state index in [1.807, 2.05) is 135 Å². The van der Waals surface area contributed by atoms with Crippen molar-refractivity contribution >= 4 is 24.6 Å². The number of imidazole rings is 1. The van der Waals surface area contributed by atoms with Crippen LogP contribution in [0.3, 0.4) is 0 Å². The zero-order valence-electron chi connectivity index (χ0n) is 40.2. The second-order valence-corrected chi connectivity index (χ2v) is 19.4. The molecule has 1 aliphatic rings. The summed E-state index contributed by atoms with van der Waals surface area (Å²) >= 11 is 0. The molecule has 5 aromatic carbocycles. The van der Waals surface area contributed by atoms with Gasteiger partial charge in [-0.15, -0.1) is 0 Å². The van der Waals surface area contributed by atoms with Gasteiger partial charge in [0.05, 0.1) is 19.3 Å². The fourth-order valence-electron chi connectivity index (χ4n) is 9.53. The van der Waals surface area contributed by atoms with Crippen molar-refractivity contribution in [3.05, 3.63) is 215 Å². The van der Waals surface area contributed by atoms with Gasteiger partial charge in [0.1, 0.15) is 23.6 Å². The van der Waals surface area contributed by atoms with Gasteiger partial charge in [0.15, 0.2) is 34.8 Å². The lowest BCUT2D eigenvalue weighted by molar-refractivity contribution is -0.159. The quantitative estimate of drug-likeness (QED) is 0.0285. The van der Waals surface area contributed by atoms with Crippen LogP contribution in [0.5, 0.6) is 0 Å². The Balaban J connectivity index is 1.26. The molecule has 1 unspecified atom stereocenters. The molecule has 0 spiro atoms. The van der Waals surface area contributed by atoms with Crippen LogP contribution in [-0.4, -0.2) is 64.5 Å². The van der Waals surface area contributed by atoms with E-state index in [0.717, 1.165) is 27.8 Å². The van der Waals surface area contributed by atoms with Gasteiger partial charge in [-0.25, -0.2) is 20.4 Å². The smallest absolute Gasteiger partial charge is 0.356 e. The molecule has 7 aromatic rings. The van der Waals surface area contributed by atoms with Gasteiger partial charge in [-0.3, -0.25) is 14.0 Å². The number of nitrogens with zero attached hydrogens (tertiary/aromatic N) is 4. The predicted octanol–water partition coefficient (Wildman–Crippen LogP) is 12.0. The van der Waals surface area contributed by atoms with E-state index in [-0.39, 0.29) is 25.3 Å². The molecule has 2 aromatic heterocycles. The van der Waals surface area contributed by atoms with Crippen LogP contribution in [-0.2, 0) is 56.8 Å². The van der Waals surface area contributed by atoms with Crippen molar-refractivity contribution in [2.75, 3.05) is 32.7 Å². The number of hydrogen-bond acceptors (Lipinski definition) is 11. The van der Waals surface area contributed by atoms with Crippen LogP contribution in [0.2, 0.25) is 0 Å². The molecule has 0 bridgehead atoms. The normalized spacial score (nSPS) is 15.4. The van der Waals surface area contributed by atoms with E-state index in [2.05, 4.69) is 78.3 Å². The highest BCUT2D eigenvalue weighted by Crippen LogP contribution is 2.51. The van der Waals surface area contributed by atoms with E-state index < -0.39 is 24.2 Å². The first kappa shape index (κ1) is 49.3. The van der Waals surface area contributed by atoms with Crippen LogP contribution in [0, 0.1) is 0 Å². The number of rotatable bonds is 23. The highest BCUT2D eigenvalue weighted by molar-refractivity contribution is 7.53. The van der Waals surface area contributed by atoms with E-state index in [4.69, 9.17) is 43.0 Å². The second kappa shape index (κ2) is 22.1. The summed E-state index contributed by atoms with van der Waals surface area (Å²) < 4.78 is 48.1. The fraction of sp³-hybridized carbons (Fsp3) is 0.304. The Hall–Kier alpha value is -6.08. The van der Waals surface area contributed by atoms with Crippen molar-refractivity contribution < 1.29 is 32.7 Å². The standard InChI is InChI=1S/C56H62N5O7P/c1-42(2)67-69(62,68-43(3)4)41-65-40-61-49(36-25-39-66-56(47-32-19-10-20-33-47,48-34-21-11-22-35-48)54(63-5)37-23-12-24-38-54)57-50-51(60-64-6)58-53(59-52(50)61)55(44-26-13-7-14-27-44,45-28-15-8-16-29-45)46-30-17-9-18-31-46/h7-24,26-35,37,42-43H,25,36,38-41H2,1-6H3,(H,58,59,60). The number of aromatic nitrogens is 4. The van der Waals surface area contributed by atoms with E-state index in [1.165, 1.54) is 0 Å². The summed E-state index contributed by atoms with van der Waals surface area (Å²) in [6.07, 6.45) is 8.83. The minimum absolute atomic E-state index is 0.0840. The van der Waals surface area contributed by atoms with Crippen molar-refractivity contribution in [3.8, 4) is 0 Å². The van der Waals surface area contributed by atoms with E-state index >= 15 is 0 Å². The maximum Gasteiger partial charge on any atom is 0.356 e. The molecule has 0 fully saturated rings. The second-order valence-electron chi connectivity index (χ2n) is 17.5. The molecule has 13 heteroatoms. The molecule has 69 heavy (non-hydrogen) atoms. The molecule has 1 N–H and O–H groups in total. The molecule has 8 rings (SSSR count). The molecule has 12 nitrogen and oxygen atoms in total. The van der Waals surface area contributed by atoms with Crippen molar-refractivity contribution in [3.63, 3.8) is 0 Å². The zero-order valence-corrected chi connectivity index (χ0v) is 41.1. The molecule has 2 heterocycles. The molecular formula is C56H62N5O7P. The summed E-state index contributed by atoms with van der Waals surface area (Å²) in [5.41, 5.74) is 5.89. The van der Waals surface area contributed by atoms with Crippen LogP contribution in [0.4, 0.5) is 5.82 Å². The van der Waals surface area contributed by atoms with Gasteiger partial charge in [0.25, 0.3) is 0 Å². The maximum absolute atomic E-state index is 14.1. The van der Waals surface area contributed by atoms with Gasteiger partial charge in [0, 0.05) is 26.6 Å². The molecule has 0 radical (unpaired) electrons. The van der Waals surface area contributed by atoms with Crippen LogP contribution in [0.15, 0.2) is 176 Å². The topological polar surface area (TPSA) is 128 Å². The first-order chi connectivity index (χ1) is 33.6. The SMILES string of the molecule is CONc1nc(C(c2ccccc2)(c2ccccc2)c2ccccc2)nc2c1nc(CCCOC(c1ccccc1)(c1ccccc1)C1(OC)C=CC=CC1)n2COCP(=O)(OC(C)C)OC(C)C. The van der Waals surface area contributed by atoms with Crippen molar-refractivity contribution in [2.24, 2.45) is 0 Å². The number of methoxy groups -OCH3 is 1. The molecule has 0 saturated heterocycles. The van der Waals surface area contributed by atoms with Crippen molar-refractivity contribution in [1.29, 1.82) is 0 Å². The first-order valence-electron chi connectivity index (χ1n) is 23.5. The average molecular weight is 948 g/mol. The Bertz CT molecular complexity index is 2690. The average Bonchev–Trinajstić information content (AvgIpc) is 3.72. The molecule has 0 amide bonds. The highest BCUT2D eigenvalue weighted by atomic mass is 31.2. The molecule has 0 aliphatic heterocycles. The monoisotopic (exact) mass is 947 g/mol. The number of anilines is 1. The van der Waals surface area contributed by atoms with Gasteiger partial charge in [0.2, 0.25) is 0 Å². The third-order valence-electron chi connectivity index (χ3n) is 12.3. The number of fused-ring (bicyclic) bond motifs is 1. The van der Waals surface area contributed by atoms with E-state index in [9.17, 15) is 4.57 Å². The minimum Gasteiger partial charge on any atom is -0.370 e. The maximum atomic E-state index is 14.1. The van der Waals surface area contributed by atoms with Crippen molar-refractivity contribution in [2.45, 2.75) is 82.5 Å². The third kappa shape index (κ3) is 10.2. The molecule has 358 valence electrons.